The van der Waals surface area contributed by atoms with Crippen molar-refractivity contribution in [2.45, 2.75) is 25.7 Å². The third-order valence-electron chi connectivity index (χ3n) is 5.31. The van der Waals surface area contributed by atoms with Crippen molar-refractivity contribution >= 4 is 17.5 Å². The summed E-state index contributed by atoms with van der Waals surface area (Å²) in [5.41, 5.74) is 1.69. The van der Waals surface area contributed by atoms with E-state index in [-0.39, 0.29) is 17.7 Å². The lowest BCUT2D eigenvalue weighted by Gasteiger charge is -2.31. The quantitative estimate of drug-likeness (QED) is 0.679. The van der Waals surface area contributed by atoms with Gasteiger partial charge in [0.25, 0.3) is 0 Å². The van der Waals surface area contributed by atoms with Gasteiger partial charge >= 0.3 is 0 Å². The summed E-state index contributed by atoms with van der Waals surface area (Å²) in [5, 5.41) is 6.93. The maximum atomic E-state index is 12.6. The van der Waals surface area contributed by atoms with E-state index in [2.05, 4.69) is 15.5 Å². The highest BCUT2D eigenvalue weighted by molar-refractivity contribution is 5.92. The first-order chi connectivity index (χ1) is 14.7. The molecule has 4 rings (SSSR count). The van der Waals surface area contributed by atoms with E-state index in [1.165, 1.54) is 0 Å². The molecule has 1 aliphatic heterocycles. The van der Waals surface area contributed by atoms with E-state index in [0.717, 1.165) is 11.3 Å². The van der Waals surface area contributed by atoms with Gasteiger partial charge in [0.15, 0.2) is 0 Å². The number of nitrogens with one attached hydrogen (secondary N) is 1. The monoisotopic (exact) mass is 404 g/mol. The summed E-state index contributed by atoms with van der Waals surface area (Å²) in [4.78, 5) is 31.2. The fourth-order valence-electron chi connectivity index (χ4n) is 3.59. The number of carbonyl (C=O) groups is 2. The first-order valence-corrected chi connectivity index (χ1v) is 10.2. The molecular weight excluding hydrogens is 380 g/mol. The van der Waals surface area contributed by atoms with Crippen LogP contribution in [0.15, 0.2) is 65.2 Å². The molecule has 2 amide bonds. The van der Waals surface area contributed by atoms with Crippen LogP contribution in [0.2, 0.25) is 0 Å². The molecule has 7 heteroatoms. The third-order valence-corrected chi connectivity index (χ3v) is 5.31. The summed E-state index contributed by atoms with van der Waals surface area (Å²) in [6.45, 7) is 1.18. The van der Waals surface area contributed by atoms with Gasteiger partial charge in [0.1, 0.15) is 0 Å². The second kappa shape index (κ2) is 9.35. The minimum atomic E-state index is -0.0707. The summed E-state index contributed by atoms with van der Waals surface area (Å²) >= 11 is 0. The Morgan fingerprint density at radius 3 is 2.37 bits per heavy atom. The summed E-state index contributed by atoms with van der Waals surface area (Å²) in [6, 6.07) is 19.0. The normalized spacial score (nSPS) is 14.5. The number of nitrogens with zero attached hydrogens (tertiary/aromatic N) is 3. The summed E-state index contributed by atoms with van der Waals surface area (Å²) in [5.74, 6) is 0.991. The molecule has 0 saturated carbocycles. The molecule has 0 spiro atoms. The maximum absolute atomic E-state index is 12.6. The molecule has 2 aromatic carbocycles. The molecule has 0 bridgehead atoms. The number of rotatable bonds is 6. The Labute approximate surface area is 175 Å². The zero-order valence-corrected chi connectivity index (χ0v) is 16.7. The van der Waals surface area contributed by atoms with Crippen LogP contribution >= 0.6 is 0 Å². The molecule has 0 atom stereocenters. The lowest BCUT2D eigenvalue weighted by atomic mass is 9.95. The van der Waals surface area contributed by atoms with E-state index < -0.39 is 0 Å². The largest absolute Gasteiger partial charge is 0.343 e. The average Bonchev–Trinajstić information content (AvgIpc) is 3.28. The van der Waals surface area contributed by atoms with Gasteiger partial charge in [-0.1, -0.05) is 53.7 Å². The molecule has 1 N–H and O–H groups in total. The number of para-hydroxylation sites is 1. The minimum absolute atomic E-state index is 0.0209. The summed E-state index contributed by atoms with van der Waals surface area (Å²) in [6.07, 6.45) is 2.07. The van der Waals surface area contributed by atoms with E-state index >= 15 is 0 Å². The summed E-state index contributed by atoms with van der Waals surface area (Å²) in [7, 11) is 0. The predicted octanol–water partition coefficient (Wildman–Crippen LogP) is 3.55. The highest BCUT2D eigenvalue weighted by Gasteiger charge is 2.27. The van der Waals surface area contributed by atoms with Crippen molar-refractivity contribution in [1.82, 2.24) is 15.0 Å². The van der Waals surface area contributed by atoms with Gasteiger partial charge in [-0.3, -0.25) is 9.59 Å². The third kappa shape index (κ3) is 4.92. The van der Waals surface area contributed by atoms with Gasteiger partial charge in [-0.25, -0.2) is 0 Å². The molecular formula is C23H24N4O3. The second-order valence-electron chi connectivity index (χ2n) is 7.39. The van der Waals surface area contributed by atoms with Crippen LogP contribution in [0, 0.1) is 5.92 Å². The van der Waals surface area contributed by atoms with Gasteiger partial charge in [-0.2, -0.15) is 4.98 Å². The number of anilines is 1. The number of carbonyl (C=O) groups excluding carboxylic acids is 2. The Morgan fingerprint density at radius 2 is 1.67 bits per heavy atom. The second-order valence-corrected chi connectivity index (χ2v) is 7.39. The topological polar surface area (TPSA) is 88.3 Å². The molecule has 1 fully saturated rings. The first-order valence-electron chi connectivity index (χ1n) is 10.2. The van der Waals surface area contributed by atoms with Gasteiger partial charge in [0.05, 0.1) is 0 Å². The van der Waals surface area contributed by atoms with Gasteiger partial charge < -0.3 is 14.7 Å². The number of aryl methyl sites for hydroxylation is 1. The Bertz CT molecular complexity index is 980. The highest BCUT2D eigenvalue weighted by Crippen LogP contribution is 2.21. The van der Waals surface area contributed by atoms with E-state index in [1.807, 2.05) is 65.6 Å². The molecule has 0 aliphatic carbocycles. The molecule has 7 nitrogen and oxygen atoms in total. The predicted molar refractivity (Wildman–Crippen MR) is 112 cm³/mol. The molecule has 154 valence electrons. The highest BCUT2D eigenvalue weighted by atomic mass is 16.5. The lowest BCUT2D eigenvalue weighted by molar-refractivity contribution is -0.134. The standard InChI is InChI=1S/C23H24N4O3/c28-21(12-11-20-25-22(26-30-20)17-7-3-1-4-8-17)27-15-13-18(14-16-27)23(29)24-19-9-5-2-6-10-19/h1-10,18H,11-16H2,(H,24,29). The molecule has 0 unspecified atom stereocenters. The molecule has 1 saturated heterocycles. The Morgan fingerprint density at radius 1 is 1.00 bits per heavy atom. The molecule has 3 aromatic rings. The Kier molecular flexibility index (Phi) is 6.17. The fraction of sp³-hybridized carbons (Fsp3) is 0.304. The number of hydrogen-bond acceptors (Lipinski definition) is 5. The van der Waals surface area contributed by atoms with Crippen molar-refractivity contribution in [1.29, 1.82) is 0 Å². The van der Waals surface area contributed by atoms with E-state index in [0.29, 0.717) is 50.5 Å². The molecule has 1 aliphatic rings. The van der Waals surface area contributed by atoms with Crippen LogP contribution < -0.4 is 5.32 Å². The van der Waals surface area contributed by atoms with Crippen LogP contribution in [-0.4, -0.2) is 39.9 Å². The van der Waals surface area contributed by atoms with Crippen LogP contribution in [0.25, 0.3) is 11.4 Å². The molecule has 2 heterocycles. The van der Waals surface area contributed by atoms with E-state index in [1.54, 1.807) is 0 Å². The van der Waals surface area contributed by atoms with Crippen LogP contribution in [0.1, 0.15) is 25.2 Å². The smallest absolute Gasteiger partial charge is 0.227 e. The van der Waals surface area contributed by atoms with Crippen molar-refractivity contribution in [3.8, 4) is 11.4 Å². The van der Waals surface area contributed by atoms with Crippen LogP contribution in [0.3, 0.4) is 0 Å². The lowest BCUT2D eigenvalue weighted by Crippen LogP contribution is -2.41. The number of likely N-dealkylation sites (tertiary alicyclic amines) is 1. The molecule has 30 heavy (non-hydrogen) atoms. The van der Waals surface area contributed by atoms with Gasteiger partial charge in [-0.05, 0) is 25.0 Å². The first kappa shape index (κ1) is 19.8. The van der Waals surface area contributed by atoms with Crippen molar-refractivity contribution in [3.05, 3.63) is 66.6 Å². The average molecular weight is 404 g/mol. The van der Waals surface area contributed by atoms with Crippen molar-refractivity contribution in [3.63, 3.8) is 0 Å². The Hall–Kier alpha value is -3.48. The van der Waals surface area contributed by atoms with Gasteiger partial charge in [0.2, 0.25) is 23.5 Å². The number of amides is 2. The van der Waals surface area contributed by atoms with Crippen molar-refractivity contribution < 1.29 is 14.1 Å². The zero-order chi connectivity index (χ0) is 20.8. The SMILES string of the molecule is O=C(Nc1ccccc1)C1CCN(C(=O)CCc2nc(-c3ccccc3)no2)CC1. The molecule has 1 aromatic heterocycles. The van der Waals surface area contributed by atoms with Crippen molar-refractivity contribution in [2.24, 2.45) is 5.92 Å². The zero-order valence-electron chi connectivity index (χ0n) is 16.7. The van der Waals surface area contributed by atoms with Crippen LogP contribution in [0.4, 0.5) is 5.69 Å². The van der Waals surface area contributed by atoms with E-state index in [9.17, 15) is 9.59 Å². The summed E-state index contributed by atoms with van der Waals surface area (Å²) < 4.78 is 5.28. The Balaban J connectivity index is 1.23. The number of piperidine rings is 1. The maximum Gasteiger partial charge on any atom is 0.227 e. The number of hydrogen-bond donors (Lipinski definition) is 1. The molecule has 0 radical (unpaired) electrons. The van der Waals surface area contributed by atoms with Crippen molar-refractivity contribution in [2.75, 3.05) is 18.4 Å². The van der Waals surface area contributed by atoms with E-state index in [4.69, 9.17) is 4.52 Å². The minimum Gasteiger partial charge on any atom is -0.343 e. The van der Waals surface area contributed by atoms with Gasteiger partial charge in [-0.15, -0.1) is 0 Å². The van der Waals surface area contributed by atoms with Crippen LogP contribution in [0.5, 0.6) is 0 Å². The number of benzene rings is 2. The van der Waals surface area contributed by atoms with Gasteiger partial charge in [0, 0.05) is 43.1 Å². The van der Waals surface area contributed by atoms with Crippen LogP contribution in [-0.2, 0) is 16.0 Å². The fourth-order valence-corrected chi connectivity index (χ4v) is 3.59. The number of aromatic nitrogens is 2.